The van der Waals surface area contributed by atoms with Gasteiger partial charge >= 0.3 is 11.7 Å². The lowest BCUT2D eigenvalue weighted by molar-refractivity contribution is -0.390. The summed E-state index contributed by atoms with van der Waals surface area (Å²) in [6.07, 6.45) is 0. The highest BCUT2D eigenvalue weighted by atomic mass is 32.2. The number of carboxylic acid groups (broad SMARTS) is 1. The molecule has 0 amide bonds. The lowest BCUT2D eigenvalue weighted by atomic mass is 10.3. The number of rotatable bonds is 5. The third-order valence-corrected chi connectivity index (χ3v) is 3.14. The Labute approximate surface area is 114 Å². The molecular formula is C9H6FN5O4S. The number of carbonyl (C=O) groups is 1. The molecule has 11 heteroatoms. The van der Waals surface area contributed by atoms with Gasteiger partial charge in [0.1, 0.15) is 6.54 Å². The van der Waals surface area contributed by atoms with E-state index in [2.05, 4.69) is 15.5 Å². The van der Waals surface area contributed by atoms with Gasteiger partial charge in [-0.3, -0.25) is 14.9 Å². The summed E-state index contributed by atoms with van der Waals surface area (Å²) in [4.78, 5) is 20.6. The zero-order valence-electron chi connectivity index (χ0n) is 9.63. The number of nitro groups is 1. The van der Waals surface area contributed by atoms with E-state index in [1.165, 1.54) is 12.1 Å². The van der Waals surface area contributed by atoms with E-state index in [-0.39, 0.29) is 10.1 Å². The van der Waals surface area contributed by atoms with E-state index in [1.807, 2.05) is 0 Å². The number of benzene rings is 1. The Kier molecular flexibility index (Phi) is 3.89. The number of carboxylic acids is 1. The number of tetrazole rings is 1. The van der Waals surface area contributed by atoms with Crippen molar-refractivity contribution in [2.24, 2.45) is 0 Å². The first-order valence-electron chi connectivity index (χ1n) is 5.07. The minimum atomic E-state index is -1.17. The Balaban J connectivity index is 2.36. The monoisotopic (exact) mass is 299 g/mol. The summed E-state index contributed by atoms with van der Waals surface area (Å²) < 4.78 is 14.4. The third-order valence-electron chi connectivity index (χ3n) is 2.12. The van der Waals surface area contributed by atoms with E-state index in [0.717, 1.165) is 10.7 Å². The van der Waals surface area contributed by atoms with Crippen LogP contribution in [0.25, 0.3) is 0 Å². The second kappa shape index (κ2) is 5.61. The van der Waals surface area contributed by atoms with Gasteiger partial charge in [0.05, 0.1) is 9.82 Å². The minimum absolute atomic E-state index is 0.0149. The van der Waals surface area contributed by atoms with E-state index in [4.69, 9.17) is 5.11 Å². The summed E-state index contributed by atoms with van der Waals surface area (Å²) in [6.45, 7) is -0.502. The van der Waals surface area contributed by atoms with Crippen LogP contribution in [0.1, 0.15) is 0 Å². The summed E-state index contributed by atoms with van der Waals surface area (Å²) in [5.74, 6) is -2.16. The normalized spacial score (nSPS) is 10.4. The maximum absolute atomic E-state index is 13.4. The topological polar surface area (TPSA) is 124 Å². The van der Waals surface area contributed by atoms with E-state index < -0.39 is 28.9 Å². The molecule has 0 aliphatic rings. The highest BCUT2D eigenvalue weighted by molar-refractivity contribution is 7.99. The van der Waals surface area contributed by atoms with Crippen molar-refractivity contribution in [1.82, 2.24) is 20.2 Å². The number of hydrogen-bond acceptors (Lipinski definition) is 7. The van der Waals surface area contributed by atoms with Crippen LogP contribution in [0, 0.1) is 15.9 Å². The smallest absolute Gasteiger partial charge is 0.325 e. The van der Waals surface area contributed by atoms with Crippen molar-refractivity contribution in [3.05, 3.63) is 34.1 Å². The van der Waals surface area contributed by atoms with E-state index in [1.54, 1.807) is 0 Å². The van der Waals surface area contributed by atoms with Crippen molar-refractivity contribution in [2.75, 3.05) is 0 Å². The molecule has 1 N–H and O–H groups in total. The van der Waals surface area contributed by atoms with E-state index in [9.17, 15) is 19.3 Å². The minimum Gasteiger partial charge on any atom is -0.480 e. The zero-order valence-corrected chi connectivity index (χ0v) is 10.4. The molecule has 1 heterocycles. The maximum Gasteiger partial charge on any atom is 0.325 e. The molecule has 0 bridgehead atoms. The molecule has 2 rings (SSSR count). The van der Waals surface area contributed by atoms with Crippen LogP contribution in [0.5, 0.6) is 0 Å². The Morgan fingerprint density at radius 1 is 1.55 bits per heavy atom. The summed E-state index contributed by atoms with van der Waals surface area (Å²) in [5, 5.41) is 29.8. The molecular weight excluding hydrogens is 293 g/mol. The van der Waals surface area contributed by atoms with Crippen LogP contribution in [0.3, 0.4) is 0 Å². The number of para-hydroxylation sites is 1. The molecule has 0 aliphatic carbocycles. The molecule has 0 saturated heterocycles. The van der Waals surface area contributed by atoms with Gasteiger partial charge in [-0.15, -0.1) is 5.10 Å². The van der Waals surface area contributed by atoms with Crippen molar-refractivity contribution in [3.63, 3.8) is 0 Å². The average Bonchev–Trinajstić information content (AvgIpc) is 2.75. The molecule has 1 aromatic heterocycles. The first-order chi connectivity index (χ1) is 9.49. The van der Waals surface area contributed by atoms with Crippen LogP contribution >= 0.6 is 11.8 Å². The summed E-state index contributed by atoms with van der Waals surface area (Å²) >= 11 is 0.714. The van der Waals surface area contributed by atoms with Crippen LogP contribution in [-0.2, 0) is 11.3 Å². The van der Waals surface area contributed by atoms with Crippen LogP contribution in [0.2, 0.25) is 0 Å². The molecule has 2 aromatic rings. The molecule has 0 unspecified atom stereocenters. The maximum atomic E-state index is 13.4. The molecule has 0 radical (unpaired) electrons. The number of nitrogens with zero attached hydrogens (tertiary/aromatic N) is 5. The van der Waals surface area contributed by atoms with Crippen molar-refractivity contribution < 1.29 is 19.2 Å². The second-order valence-corrected chi connectivity index (χ2v) is 4.47. The predicted molar refractivity (Wildman–Crippen MR) is 62.6 cm³/mol. The Bertz CT molecular complexity index is 676. The molecule has 0 fully saturated rings. The number of hydrogen-bond donors (Lipinski definition) is 1. The molecule has 1 aromatic carbocycles. The second-order valence-electron chi connectivity index (χ2n) is 3.46. The predicted octanol–water partition coefficient (Wildman–Crippen LogP) is 0.956. The fourth-order valence-corrected chi connectivity index (χ4v) is 2.25. The Morgan fingerprint density at radius 3 is 2.95 bits per heavy atom. The van der Waals surface area contributed by atoms with Gasteiger partial charge in [-0.25, -0.2) is 4.68 Å². The standard InChI is InChI=1S/C9H6FN5O4S/c10-5-2-1-3-6(8(5)15(18)19)20-9-11-12-13-14(9)4-7(16)17/h1-3H,4H2,(H,16,17). The van der Waals surface area contributed by atoms with Crippen LogP contribution in [-0.4, -0.2) is 36.2 Å². The molecule has 104 valence electrons. The number of aromatic nitrogens is 4. The number of nitro benzene ring substituents is 1. The van der Waals surface area contributed by atoms with E-state index >= 15 is 0 Å². The van der Waals surface area contributed by atoms with Crippen LogP contribution in [0.15, 0.2) is 28.3 Å². The highest BCUT2D eigenvalue weighted by Crippen LogP contribution is 2.34. The van der Waals surface area contributed by atoms with Crippen molar-refractivity contribution in [1.29, 1.82) is 0 Å². The Hall–Kier alpha value is -2.56. The quantitative estimate of drug-likeness (QED) is 0.639. The van der Waals surface area contributed by atoms with Gasteiger partial charge in [0, 0.05) is 0 Å². The first-order valence-corrected chi connectivity index (χ1v) is 5.89. The highest BCUT2D eigenvalue weighted by Gasteiger charge is 2.22. The van der Waals surface area contributed by atoms with E-state index in [0.29, 0.717) is 11.8 Å². The number of halogens is 1. The van der Waals surface area contributed by atoms with Gasteiger partial charge in [-0.05, 0) is 34.3 Å². The van der Waals surface area contributed by atoms with Gasteiger partial charge in [-0.2, -0.15) is 4.39 Å². The SMILES string of the molecule is O=C(O)Cn1nnnc1Sc1cccc(F)c1[N+](=O)[O-]. The van der Waals surface area contributed by atoms with Gasteiger partial charge in [0.15, 0.2) is 0 Å². The van der Waals surface area contributed by atoms with Crippen molar-refractivity contribution in [3.8, 4) is 0 Å². The fraction of sp³-hybridized carbons (Fsp3) is 0.111. The van der Waals surface area contributed by atoms with Crippen LogP contribution < -0.4 is 0 Å². The number of aliphatic carboxylic acids is 1. The lowest BCUT2D eigenvalue weighted by Gasteiger charge is -2.03. The van der Waals surface area contributed by atoms with Gasteiger partial charge in [0.2, 0.25) is 11.0 Å². The molecule has 9 nitrogen and oxygen atoms in total. The Morgan fingerprint density at radius 2 is 2.30 bits per heavy atom. The van der Waals surface area contributed by atoms with Crippen molar-refractivity contribution in [2.45, 2.75) is 16.6 Å². The first kappa shape index (κ1) is 13.9. The molecule has 0 saturated carbocycles. The molecule has 0 aliphatic heterocycles. The molecule has 0 atom stereocenters. The zero-order chi connectivity index (χ0) is 14.7. The fourth-order valence-electron chi connectivity index (χ4n) is 1.35. The molecule has 20 heavy (non-hydrogen) atoms. The van der Waals surface area contributed by atoms with Gasteiger partial charge in [-0.1, -0.05) is 6.07 Å². The van der Waals surface area contributed by atoms with Gasteiger partial charge < -0.3 is 5.11 Å². The summed E-state index contributed by atoms with van der Waals surface area (Å²) in [7, 11) is 0. The average molecular weight is 299 g/mol. The van der Waals surface area contributed by atoms with Crippen molar-refractivity contribution >= 4 is 23.4 Å². The lowest BCUT2D eigenvalue weighted by Crippen LogP contribution is -2.11. The van der Waals surface area contributed by atoms with Gasteiger partial charge in [0.25, 0.3) is 0 Å². The van der Waals surface area contributed by atoms with Crippen LogP contribution in [0.4, 0.5) is 10.1 Å². The largest absolute Gasteiger partial charge is 0.480 e. The summed E-state index contributed by atoms with van der Waals surface area (Å²) in [6, 6.07) is 3.59. The summed E-state index contributed by atoms with van der Waals surface area (Å²) in [5.41, 5.74) is -0.706. The molecule has 0 spiro atoms. The third kappa shape index (κ3) is 2.88.